The summed E-state index contributed by atoms with van der Waals surface area (Å²) in [5, 5.41) is 27.7. The maximum absolute atomic E-state index is 12.2. The van der Waals surface area contributed by atoms with Crippen molar-refractivity contribution in [3.8, 4) is 0 Å². The molecule has 0 radical (unpaired) electrons. The zero-order valence-corrected chi connectivity index (χ0v) is 12.9. The fourth-order valence-corrected chi connectivity index (χ4v) is 5.14. The highest BCUT2D eigenvalue weighted by Crippen LogP contribution is 2.57. The molecule has 0 aliphatic heterocycles. The first-order valence-electron chi connectivity index (χ1n) is 8.09. The number of ether oxygens (including phenoxy) is 1. The highest BCUT2D eigenvalue weighted by molar-refractivity contribution is 5.88. The minimum absolute atomic E-state index is 0.533. The van der Waals surface area contributed by atoms with Crippen molar-refractivity contribution in [2.45, 2.75) is 62.6 Å². The lowest BCUT2D eigenvalue weighted by Crippen LogP contribution is -2.53. The lowest BCUT2D eigenvalue weighted by Gasteiger charge is -2.55. The van der Waals surface area contributed by atoms with Gasteiger partial charge in [-0.3, -0.25) is 9.59 Å². The number of rotatable bonds is 6. The molecular formula is C16H22O7. The summed E-state index contributed by atoms with van der Waals surface area (Å²) in [7, 11) is 0. The summed E-state index contributed by atoms with van der Waals surface area (Å²) >= 11 is 0. The van der Waals surface area contributed by atoms with Gasteiger partial charge in [-0.05, 0) is 56.3 Å². The molecule has 1 atom stereocenters. The van der Waals surface area contributed by atoms with Crippen molar-refractivity contribution in [1.82, 2.24) is 0 Å². The second kappa shape index (κ2) is 5.47. The Morgan fingerprint density at radius 3 is 1.83 bits per heavy atom. The van der Waals surface area contributed by atoms with E-state index >= 15 is 0 Å². The van der Waals surface area contributed by atoms with Crippen LogP contribution in [0, 0.1) is 17.8 Å². The molecule has 4 saturated carbocycles. The molecule has 0 spiro atoms. The van der Waals surface area contributed by atoms with Gasteiger partial charge in [-0.1, -0.05) is 0 Å². The Labute approximate surface area is 133 Å². The first-order chi connectivity index (χ1) is 10.7. The van der Waals surface area contributed by atoms with Crippen LogP contribution in [0.25, 0.3) is 0 Å². The summed E-state index contributed by atoms with van der Waals surface area (Å²) in [6.07, 6.45) is 4.06. The summed E-state index contributed by atoms with van der Waals surface area (Å²) in [6.45, 7) is 0. The van der Waals surface area contributed by atoms with Crippen molar-refractivity contribution < 1.29 is 34.4 Å². The normalized spacial score (nSPS) is 37.2. The van der Waals surface area contributed by atoms with Crippen molar-refractivity contribution in [3.63, 3.8) is 0 Å². The highest BCUT2D eigenvalue weighted by Gasteiger charge is 2.54. The Morgan fingerprint density at radius 2 is 1.43 bits per heavy atom. The Morgan fingerprint density at radius 1 is 0.957 bits per heavy atom. The Balaban J connectivity index is 1.67. The fourth-order valence-electron chi connectivity index (χ4n) is 5.14. The van der Waals surface area contributed by atoms with Crippen LogP contribution in [0.5, 0.6) is 0 Å². The molecule has 7 heteroatoms. The van der Waals surface area contributed by atoms with Crippen LogP contribution in [0.4, 0.5) is 0 Å². The Hall–Kier alpha value is -1.63. The summed E-state index contributed by atoms with van der Waals surface area (Å²) in [6, 6.07) is 0. The molecule has 3 N–H and O–H groups in total. The first kappa shape index (κ1) is 16.2. The third-order valence-corrected chi connectivity index (χ3v) is 5.59. The van der Waals surface area contributed by atoms with Gasteiger partial charge in [-0.25, -0.2) is 4.79 Å². The molecule has 0 aromatic heterocycles. The van der Waals surface area contributed by atoms with Crippen molar-refractivity contribution in [2.75, 3.05) is 0 Å². The highest BCUT2D eigenvalue weighted by atomic mass is 16.6. The van der Waals surface area contributed by atoms with E-state index in [2.05, 4.69) is 0 Å². The second-order valence-corrected chi connectivity index (χ2v) is 7.66. The molecule has 0 heterocycles. The van der Waals surface area contributed by atoms with Gasteiger partial charge in [0.15, 0.2) is 5.60 Å². The molecule has 7 nitrogen and oxygen atoms in total. The van der Waals surface area contributed by atoms with Crippen LogP contribution < -0.4 is 0 Å². The molecule has 0 aromatic carbocycles. The quantitative estimate of drug-likeness (QED) is 0.627. The van der Waals surface area contributed by atoms with Crippen molar-refractivity contribution in [3.05, 3.63) is 0 Å². The van der Waals surface area contributed by atoms with Gasteiger partial charge in [0.2, 0.25) is 0 Å². The molecule has 4 bridgehead atoms. The Kier molecular flexibility index (Phi) is 3.86. The van der Waals surface area contributed by atoms with Gasteiger partial charge in [0.1, 0.15) is 5.60 Å². The maximum Gasteiger partial charge on any atom is 0.336 e. The van der Waals surface area contributed by atoms with Crippen LogP contribution in [-0.2, 0) is 19.1 Å². The molecule has 23 heavy (non-hydrogen) atoms. The van der Waals surface area contributed by atoms with Crippen LogP contribution in [0.15, 0.2) is 0 Å². The molecule has 128 valence electrons. The predicted octanol–water partition coefficient (Wildman–Crippen LogP) is 1.18. The van der Waals surface area contributed by atoms with Gasteiger partial charge >= 0.3 is 17.9 Å². The zero-order chi connectivity index (χ0) is 16.8. The number of hydrogen-bond donors (Lipinski definition) is 3. The largest absolute Gasteiger partial charge is 0.481 e. The second-order valence-electron chi connectivity index (χ2n) is 7.66. The summed E-state index contributed by atoms with van der Waals surface area (Å²) in [4.78, 5) is 34.1. The van der Waals surface area contributed by atoms with Crippen molar-refractivity contribution in [1.29, 1.82) is 0 Å². The maximum atomic E-state index is 12.2. The number of carbonyl (C=O) groups excluding carboxylic acids is 1. The lowest BCUT2D eigenvalue weighted by atomic mass is 9.54. The van der Waals surface area contributed by atoms with Crippen molar-refractivity contribution >= 4 is 17.9 Å². The molecule has 4 fully saturated rings. The molecule has 0 aromatic rings. The summed E-state index contributed by atoms with van der Waals surface area (Å²) in [5.41, 5.74) is -3.15. The number of carboxylic acid groups (broad SMARTS) is 2. The summed E-state index contributed by atoms with van der Waals surface area (Å²) in [5.74, 6) is -2.33. The van der Waals surface area contributed by atoms with Gasteiger partial charge in [-0.15, -0.1) is 0 Å². The standard InChI is InChI=1S/C16H22O7/c17-12(18)7-16(22,14(20)21)8-13(19)23-15-4-9-1-10(5-15)3-11(2-9)6-15/h9-11,22H,1-8H2,(H,17,18)(H,20,21). The molecule has 4 rings (SSSR count). The van der Waals surface area contributed by atoms with E-state index in [0.29, 0.717) is 17.8 Å². The van der Waals surface area contributed by atoms with Crippen LogP contribution in [0.3, 0.4) is 0 Å². The molecule has 4 aliphatic carbocycles. The van der Waals surface area contributed by atoms with Crippen LogP contribution >= 0.6 is 0 Å². The minimum Gasteiger partial charge on any atom is -0.481 e. The number of aliphatic hydroxyl groups is 1. The number of esters is 1. The zero-order valence-electron chi connectivity index (χ0n) is 12.9. The van der Waals surface area contributed by atoms with E-state index in [0.717, 1.165) is 19.3 Å². The van der Waals surface area contributed by atoms with Gasteiger partial charge in [0.05, 0.1) is 12.8 Å². The number of carboxylic acids is 2. The predicted molar refractivity (Wildman–Crippen MR) is 76.5 cm³/mol. The third-order valence-electron chi connectivity index (χ3n) is 5.59. The first-order valence-corrected chi connectivity index (χ1v) is 8.09. The molecule has 4 aliphatic rings. The van der Waals surface area contributed by atoms with E-state index in [1.165, 1.54) is 19.3 Å². The van der Waals surface area contributed by atoms with Gasteiger partial charge in [0, 0.05) is 0 Å². The van der Waals surface area contributed by atoms with Crippen LogP contribution in [-0.4, -0.2) is 44.4 Å². The number of carbonyl (C=O) groups is 3. The average molecular weight is 326 g/mol. The fraction of sp³-hybridized carbons (Fsp3) is 0.812. The van der Waals surface area contributed by atoms with E-state index in [1.807, 2.05) is 0 Å². The SMILES string of the molecule is O=C(O)CC(O)(CC(=O)OC12CC3CC(CC(C3)C1)C2)C(=O)O. The molecule has 0 amide bonds. The average Bonchev–Trinajstić information content (AvgIpc) is 2.34. The summed E-state index contributed by atoms with van der Waals surface area (Å²) < 4.78 is 5.62. The van der Waals surface area contributed by atoms with E-state index < -0.39 is 42.0 Å². The van der Waals surface area contributed by atoms with Crippen LogP contribution in [0.1, 0.15) is 51.4 Å². The van der Waals surface area contributed by atoms with Gasteiger partial charge < -0.3 is 20.1 Å². The topological polar surface area (TPSA) is 121 Å². The third kappa shape index (κ3) is 3.20. The molecular weight excluding hydrogens is 304 g/mol. The van der Waals surface area contributed by atoms with E-state index in [-0.39, 0.29) is 0 Å². The van der Waals surface area contributed by atoms with E-state index in [4.69, 9.17) is 14.9 Å². The van der Waals surface area contributed by atoms with Gasteiger partial charge in [-0.2, -0.15) is 0 Å². The van der Waals surface area contributed by atoms with E-state index in [9.17, 15) is 19.5 Å². The number of hydrogen-bond acceptors (Lipinski definition) is 5. The van der Waals surface area contributed by atoms with Crippen LogP contribution in [0.2, 0.25) is 0 Å². The Bertz CT molecular complexity index is 505. The molecule has 0 saturated heterocycles. The molecule has 1 unspecified atom stereocenters. The smallest absolute Gasteiger partial charge is 0.336 e. The van der Waals surface area contributed by atoms with Crippen molar-refractivity contribution in [2.24, 2.45) is 17.8 Å². The monoisotopic (exact) mass is 326 g/mol. The van der Waals surface area contributed by atoms with Gasteiger partial charge in [0.25, 0.3) is 0 Å². The lowest BCUT2D eigenvalue weighted by molar-refractivity contribution is -0.194. The minimum atomic E-state index is -2.62. The number of aliphatic carboxylic acids is 2. The van der Waals surface area contributed by atoms with E-state index in [1.54, 1.807) is 0 Å².